The lowest BCUT2D eigenvalue weighted by Crippen LogP contribution is -2.42. The molecule has 90 valence electrons. The number of nitrogens with two attached hydrogens (primary N) is 1. The van der Waals surface area contributed by atoms with Gasteiger partial charge in [-0.1, -0.05) is 0 Å². The van der Waals surface area contributed by atoms with Gasteiger partial charge in [-0.25, -0.2) is 0 Å². The Kier molecular flexibility index (Phi) is 2.51. The van der Waals surface area contributed by atoms with Crippen LogP contribution in [0.5, 0.6) is 11.5 Å². The fourth-order valence-electron chi connectivity index (χ4n) is 1.63. The molecule has 7 heteroatoms. The van der Waals surface area contributed by atoms with Crippen molar-refractivity contribution in [2.75, 3.05) is 23.8 Å². The largest absolute Gasteiger partial charge is 0.508 e. The zero-order chi connectivity index (χ0) is 12.6. The van der Waals surface area contributed by atoms with Crippen molar-refractivity contribution in [1.29, 1.82) is 0 Å². The lowest BCUT2D eigenvalue weighted by atomic mass is 10.2. The maximum atomic E-state index is 11.5. The Morgan fingerprint density at radius 3 is 2.88 bits per heavy atom. The summed E-state index contributed by atoms with van der Waals surface area (Å²) in [6.45, 7) is -0.770. The Morgan fingerprint density at radius 2 is 2.24 bits per heavy atom. The highest BCUT2D eigenvalue weighted by Crippen LogP contribution is 2.40. The molecule has 7 nitrogen and oxygen atoms in total. The summed E-state index contributed by atoms with van der Waals surface area (Å²) in [6, 6.07) is 2.51. The summed E-state index contributed by atoms with van der Waals surface area (Å²) in [5.74, 6) is -1.60. The SMILES string of the molecule is Nc1cc(O)cc2c1OCC(=O)N2CC(=O)O. The van der Waals surface area contributed by atoms with Gasteiger partial charge in [-0.2, -0.15) is 0 Å². The number of carbonyl (C=O) groups excluding carboxylic acids is 1. The first-order chi connectivity index (χ1) is 7.99. The van der Waals surface area contributed by atoms with Gasteiger partial charge >= 0.3 is 5.97 Å². The average Bonchev–Trinajstić information content (AvgIpc) is 2.21. The first-order valence-electron chi connectivity index (χ1n) is 4.76. The molecule has 4 N–H and O–H groups in total. The molecule has 0 fully saturated rings. The number of anilines is 2. The van der Waals surface area contributed by atoms with Gasteiger partial charge in [0.1, 0.15) is 12.3 Å². The predicted octanol–water partition coefficient (Wildman–Crippen LogP) is -0.216. The number of nitrogens with zero attached hydrogens (tertiary/aromatic N) is 1. The minimum atomic E-state index is -1.16. The van der Waals surface area contributed by atoms with E-state index in [1.807, 2.05) is 0 Å². The number of rotatable bonds is 2. The van der Waals surface area contributed by atoms with E-state index in [0.717, 1.165) is 4.90 Å². The molecule has 0 saturated heterocycles. The van der Waals surface area contributed by atoms with E-state index in [2.05, 4.69) is 0 Å². The zero-order valence-electron chi connectivity index (χ0n) is 8.71. The van der Waals surface area contributed by atoms with Gasteiger partial charge in [-0.05, 0) is 0 Å². The molecule has 17 heavy (non-hydrogen) atoms. The van der Waals surface area contributed by atoms with Gasteiger partial charge in [-0.3, -0.25) is 14.5 Å². The Hall–Kier alpha value is -2.44. The normalized spacial score (nSPS) is 14.1. The van der Waals surface area contributed by atoms with Crippen LogP contribution in [0, 0.1) is 0 Å². The van der Waals surface area contributed by atoms with Gasteiger partial charge < -0.3 is 20.7 Å². The second-order valence-electron chi connectivity index (χ2n) is 3.55. The number of phenolic OH excluding ortho intramolecular Hbond substituents is 1. The highest BCUT2D eigenvalue weighted by molar-refractivity contribution is 6.02. The molecule has 1 aromatic carbocycles. The number of carboxylic acids is 1. The molecule has 1 heterocycles. The molecule has 2 rings (SSSR count). The number of ether oxygens (including phenoxy) is 1. The van der Waals surface area contributed by atoms with Crippen molar-refractivity contribution in [2.24, 2.45) is 0 Å². The molecule has 0 bridgehead atoms. The lowest BCUT2D eigenvalue weighted by Gasteiger charge is -2.28. The summed E-state index contributed by atoms with van der Waals surface area (Å²) < 4.78 is 5.11. The Balaban J connectivity index is 2.50. The second kappa shape index (κ2) is 3.85. The maximum Gasteiger partial charge on any atom is 0.323 e. The van der Waals surface area contributed by atoms with Crippen molar-refractivity contribution < 1.29 is 24.5 Å². The van der Waals surface area contributed by atoms with E-state index in [1.54, 1.807) is 0 Å². The van der Waals surface area contributed by atoms with Crippen molar-refractivity contribution in [3.63, 3.8) is 0 Å². The smallest absolute Gasteiger partial charge is 0.323 e. The number of phenols is 1. The van der Waals surface area contributed by atoms with Gasteiger partial charge in [0.05, 0.1) is 11.4 Å². The number of benzene rings is 1. The van der Waals surface area contributed by atoms with Crippen LogP contribution < -0.4 is 15.4 Å². The lowest BCUT2D eigenvalue weighted by molar-refractivity contribution is -0.137. The minimum absolute atomic E-state index is 0.155. The van der Waals surface area contributed by atoms with Crippen LogP contribution in [0.25, 0.3) is 0 Å². The van der Waals surface area contributed by atoms with Gasteiger partial charge in [0.25, 0.3) is 5.91 Å². The molecule has 0 aliphatic carbocycles. The molecule has 0 saturated carbocycles. The summed E-state index contributed by atoms with van der Waals surface area (Å²) in [4.78, 5) is 23.2. The molecule has 0 aromatic heterocycles. The summed E-state index contributed by atoms with van der Waals surface area (Å²) >= 11 is 0. The third-order valence-corrected chi connectivity index (χ3v) is 2.31. The number of aliphatic carboxylic acids is 1. The average molecular weight is 238 g/mol. The van der Waals surface area contributed by atoms with Crippen molar-refractivity contribution in [3.05, 3.63) is 12.1 Å². The molecule has 0 radical (unpaired) electrons. The van der Waals surface area contributed by atoms with E-state index >= 15 is 0 Å². The van der Waals surface area contributed by atoms with Crippen LogP contribution in [0.15, 0.2) is 12.1 Å². The zero-order valence-corrected chi connectivity index (χ0v) is 8.71. The third kappa shape index (κ3) is 1.94. The molecule has 0 spiro atoms. The topological polar surface area (TPSA) is 113 Å². The van der Waals surface area contributed by atoms with Crippen LogP contribution in [0.1, 0.15) is 0 Å². The van der Waals surface area contributed by atoms with Gasteiger partial charge in [-0.15, -0.1) is 0 Å². The molecule has 1 aliphatic rings. The summed E-state index contributed by atoms with van der Waals surface area (Å²) in [5.41, 5.74) is 5.93. The van der Waals surface area contributed by atoms with Crippen molar-refractivity contribution in [2.45, 2.75) is 0 Å². The van der Waals surface area contributed by atoms with Crippen molar-refractivity contribution >= 4 is 23.3 Å². The van der Waals surface area contributed by atoms with Crippen LogP contribution >= 0.6 is 0 Å². The van der Waals surface area contributed by atoms with Crippen molar-refractivity contribution in [3.8, 4) is 11.5 Å². The van der Waals surface area contributed by atoms with Crippen LogP contribution in [-0.2, 0) is 9.59 Å². The number of carbonyl (C=O) groups is 2. The Labute approximate surface area is 96.0 Å². The van der Waals surface area contributed by atoms with E-state index in [1.165, 1.54) is 12.1 Å². The quantitative estimate of drug-likeness (QED) is 0.614. The first-order valence-corrected chi connectivity index (χ1v) is 4.76. The molecule has 0 unspecified atom stereocenters. The Morgan fingerprint density at radius 1 is 1.53 bits per heavy atom. The molecular weight excluding hydrogens is 228 g/mol. The molecule has 1 amide bonds. The summed E-state index contributed by atoms with van der Waals surface area (Å²) in [7, 11) is 0. The van der Waals surface area contributed by atoms with E-state index in [4.69, 9.17) is 15.6 Å². The first kappa shape index (κ1) is 11.1. The fourth-order valence-corrected chi connectivity index (χ4v) is 1.63. The summed E-state index contributed by atoms with van der Waals surface area (Å²) in [5, 5.41) is 18.1. The van der Waals surface area contributed by atoms with Crippen LogP contribution in [-0.4, -0.2) is 35.2 Å². The number of hydrogen-bond donors (Lipinski definition) is 3. The Bertz CT molecular complexity index is 500. The van der Waals surface area contributed by atoms with E-state index in [9.17, 15) is 14.7 Å². The number of aromatic hydroxyl groups is 1. The minimum Gasteiger partial charge on any atom is -0.508 e. The predicted molar refractivity (Wildman–Crippen MR) is 58.0 cm³/mol. The van der Waals surface area contributed by atoms with Gasteiger partial charge in [0.15, 0.2) is 12.4 Å². The molecule has 1 aliphatic heterocycles. The van der Waals surface area contributed by atoms with Crippen LogP contribution in [0.3, 0.4) is 0 Å². The van der Waals surface area contributed by atoms with Gasteiger partial charge in [0, 0.05) is 12.1 Å². The number of nitrogen functional groups attached to an aromatic ring is 1. The number of amides is 1. The molecule has 0 atom stereocenters. The maximum absolute atomic E-state index is 11.5. The van der Waals surface area contributed by atoms with Crippen LogP contribution in [0.2, 0.25) is 0 Å². The highest BCUT2D eigenvalue weighted by Gasteiger charge is 2.29. The second-order valence-corrected chi connectivity index (χ2v) is 3.55. The number of carboxylic acid groups (broad SMARTS) is 1. The standard InChI is InChI=1S/C10H10N2O5/c11-6-1-5(13)2-7-10(6)17-4-8(14)12(7)3-9(15)16/h1-2,13H,3-4,11H2,(H,15,16). The van der Waals surface area contributed by atoms with Gasteiger partial charge in [0.2, 0.25) is 0 Å². The van der Waals surface area contributed by atoms with E-state index < -0.39 is 18.4 Å². The summed E-state index contributed by atoms with van der Waals surface area (Å²) in [6.07, 6.45) is 0. The third-order valence-electron chi connectivity index (χ3n) is 2.31. The fraction of sp³-hybridized carbons (Fsp3) is 0.200. The highest BCUT2D eigenvalue weighted by atomic mass is 16.5. The molecule has 1 aromatic rings. The van der Waals surface area contributed by atoms with Crippen molar-refractivity contribution in [1.82, 2.24) is 0 Å². The van der Waals surface area contributed by atoms with E-state index in [-0.39, 0.29) is 29.5 Å². The van der Waals surface area contributed by atoms with E-state index in [0.29, 0.717) is 0 Å². The number of fused-ring (bicyclic) bond motifs is 1. The monoisotopic (exact) mass is 238 g/mol. The van der Waals surface area contributed by atoms with Crippen LogP contribution in [0.4, 0.5) is 11.4 Å². The number of hydrogen-bond acceptors (Lipinski definition) is 5. The molecular formula is C10H10N2O5.